The van der Waals surface area contributed by atoms with Crippen LogP contribution in [0.3, 0.4) is 0 Å². The molecule has 0 amide bonds. The van der Waals surface area contributed by atoms with Crippen LogP contribution in [0.5, 0.6) is 0 Å². The molecule has 2 aliphatic rings. The van der Waals surface area contributed by atoms with Crippen molar-refractivity contribution < 1.29 is 18.9 Å². The second-order valence-corrected chi connectivity index (χ2v) is 8.53. The average molecular weight is 358 g/mol. The summed E-state index contributed by atoms with van der Waals surface area (Å²) in [7, 11) is 5.44. The lowest BCUT2D eigenvalue weighted by Crippen LogP contribution is -2.39. The fraction of sp³-hybridized carbons (Fsp3) is 1.00. The third-order valence-corrected chi connectivity index (χ3v) is 6.50. The van der Waals surface area contributed by atoms with Crippen LogP contribution in [0.2, 0.25) is 0 Å². The highest BCUT2D eigenvalue weighted by Gasteiger charge is 2.46. The van der Waals surface area contributed by atoms with E-state index in [1.807, 2.05) is 0 Å². The van der Waals surface area contributed by atoms with E-state index in [0.717, 1.165) is 44.9 Å². The maximum Gasteiger partial charge on any atom is 0.169 e. The Morgan fingerprint density at radius 2 is 1.84 bits per heavy atom. The highest BCUT2D eigenvalue weighted by Crippen LogP contribution is 2.47. The number of rotatable bonds is 9. The molecule has 1 aliphatic carbocycles. The molecule has 2 rings (SSSR count). The van der Waals surface area contributed by atoms with Gasteiger partial charge in [0.15, 0.2) is 12.1 Å². The summed E-state index contributed by atoms with van der Waals surface area (Å²) in [5.74, 6) is 0.492. The first-order valence-electron chi connectivity index (χ1n) is 9.90. The molecule has 1 spiro atoms. The van der Waals surface area contributed by atoms with Gasteiger partial charge < -0.3 is 23.8 Å². The Hall–Kier alpha value is -0.200. The Morgan fingerprint density at radius 3 is 2.40 bits per heavy atom. The lowest BCUT2D eigenvalue weighted by Gasteiger charge is -2.42. The summed E-state index contributed by atoms with van der Waals surface area (Å²) in [6.07, 6.45) is 6.79. The summed E-state index contributed by atoms with van der Waals surface area (Å²) in [5, 5.41) is 0. The van der Waals surface area contributed by atoms with Crippen molar-refractivity contribution in [2.24, 2.45) is 11.3 Å². The molecule has 1 saturated carbocycles. The topological polar surface area (TPSA) is 40.2 Å². The molecule has 0 N–H and O–H groups in total. The largest absolute Gasteiger partial charge is 0.355 e. The van der Waals surface area contributed by atoms with Gasteiger partial charge in [-0.15, -0.1) is 0 Å². The zero-order valence-electron chi connectivity index (χ0n) is 17.2. The summed E-state index contributed by atoms with van der Waals surface area (Å²) in [6.45, 7) is 9.55. The van der Waals surface area contributed by atoms with Gasteiger partial charge in [-0.25, -0.2) is 0 Å². The number of nitrogens with zero attached hydrogens (tertiary/aromatic N) is 1. The Morgan fingerprint density at radius 1 is 1.20 bits per heavy atom. The third kappa shape index (κ3) is 5.64. The van der Waals surface area contributed by atoms with Crippen LogP contribution in [0.15, 0.2) is 0 Å². The summed E-state index contributed by atoms with van der Waals surface area (Å²) >= 11 is 0. The number of likely N-dealkylation sites (N-methyl/N-ethyl adjacent to an activating group) is 1. The van der Waals surface area contributed by atoms with E-state index >= 15 is 0 Å². The molecule has 5 nitrogen and oxygen atoms in total. The molecule has 1 aliphatic heterocycles. The SMILES string of the molecule is CCC(C)(C)C1CCC2(CC1)OCC(CCN(C)CC(OC)OC)O2. The van der Waals surface area contributed by atoms with Crippen LogP contribution in [0.25, 0.3) is 0 Å². The minimum Gasteiger partial charge on any atom is -0.355 e. The molecule has 0 radical (unpaired) electrons. The van der Waals surface area contributed by atoms with E-state index in [0.29, 0.717) is 5.41 Å². The summed E-state index contributed by atoms with van der Waals surface area (Å²) in [4.78, 5) is 2.23. The molecule has 1 atom stereocenters. The molecule has 0 aromatic heterocycles. The first-order valence-corrected chi connectivity index (χ1v) is 9.90. The lowest BCUT2D eigenvalue weighted by molar-refractivity contribution is -0.197. The van der Waals surface area contributed by atoms with Crippen molar-refractivity contribution in [2.45, 2.75) is 77.5 Å². The summed E-state index contributed by atoms with van der Waals surface area (Å²) < 4.78 is 23.1. The molecule has 1 saturated heterocycles. The van der Waals surface area contributed by atoms with Gasteiger partial charge in [-0.2, -0.15) is 0 Å². The molecular formula is C20H39NO4. The van der Waals surface area contributed by atoms with Gasteiger partial charge in [0.05, 0.1) is 12.7 Å². The first kappa shape index (κ1) is 21.1. The van der Waals surface area contributed by atoms with Crippen molar-refractivity contribution in [3.63, 3.8) is 0 Å². The van der Waals surface area contributed by atoms with Gasteiger partial charge >= 0.3 is 0 Å². The fourth-order valence-electron chi connectivity index (χ4n) is 4.10. The van der Waals surface area contributed by atoms with Crippen LogP contribution >= 0.6 is 0 Å². The lowest BCUT2D eigenvalue weighted by atomic mass is 9.68. The van der Waals surface area contributed by atoms with E-state index in [2.05, 4.69) is 32.7 Å². The van der Waals surface area contributed by atoms with Crippen LogP contribution < -0.4 is 0 Å². The monoisotopic (exact) mass is 357 g/mol. The minimum absolute atomic E-state index is 0.172. The fourth-order valence-corrected chi connectivity index (χ4v) is 4.10. The van der Waals surface area contributed by atoms with Gasteiger partial charge in [0.25, 0.3) is 0 Å². The zero-order valence-corrected chi connectivity index (χ0v) is 17.2. The van der Waals surface area contributed by atoms with Gasteiger partial charge in [0.2, 0.25) is 0 Å². The maximum absolute atomic E-state index is 6.38. The van der Waals surface area contributed by atoms with Gasteiger partial charge in [0.1, 0.15) is 0 Å². The number of methoxy groups -OCH3 is 2. The van der Waals surface area contributed by atoms with Crippen molar-refractivity contribution in [3.8, 4) is 0 Å². The summed E-state index contributed by atoms with van der Waals surface area (Å²) in [5.41, 5.74) is 0.432. The van der Waals surface area contributed by atoms with Crippen molar-refractivity contribution >= 4 is 0 Å². The molecule has 0 aromatic rings. The predicted octanol–water partition coefficient (Wildman–Crippen LogP) is 3.67. The highest BCUT2D eigenvalue weighted by atomic mass is 16.7. The number of hydrogen-bond donors (Lipinski definition) is 0. The molecule has 0 bridgehead atoms. The smallest absolute Gasteiger partial charge is 0.169 e. The van der Waals surface area contributed by atoms with Crippen LogP contribution in [0, 0.1) is 11.3 Å². The van der Waals surface area contributed by atoms with Crippen molar-refractivity contribution in [1.29, 1.82) is 0 Å². The molecule has 0 aromatic carbocycles. The van der Waals surface area contributed by atoms with Crippen LogP contribution in [0.1, 0.15) is 59.3 Å². The van der Waals surface area contributed by atoms with Gasteiger partial charge in [-0.05, 0) is 37.6 Å². The zero-order chi connectivity index (χ0) is 18.5. The van der Waals surface area contributed by atoms with Gasteiger partial charge in [0, 0.05) is 40.2 Å². The van der Waals surface area contributed by atoms with Crippen molar-refractivity contribution in [3.05, 3.63) is 0 Å². The normalized spacial score (nSPS) is 30.7. The standard InChI is InChI=1S/C20H39NO4/c1-7-19(2,3)16-8-11-20(12-9-16)24-15-17(25-20)10-13-21(4)14-18(22-5)23-6/h16-18H,7-15H2,1-6H3. The van der Waals surface area contributed by atoms with Gasteiger partial charge in [-0.1, -0.05) is 27.2 Å². The Labute approximate surface area is 154 Å². The molecule has 1 heterocycles. The first-order chi connectivity index (χ1) is 11.8. The Bertz CT molecular complexity index is 389. The van der Waals surface area contributed by atoms with E-state index in [4.69, 9.17) is 18.9 Å². The van der Waals surface area contributed by atoms with E-state index in [9.17, 15) is 0 Å². The molecule has 148 valence electrons. The molecule has 2 fully saturated rings. The second-order valence-electron chi connectivity index (χ2n) is 8.53. The van der Waals surface area contributed by atoms with Crippen LogP contribution in [-0.4, -0.2) is 64.0 Å². The molecule has 25 heavy (non-hydrogen) atoms. The van der Waals surface area contributed by atoms with Crippen molar-refractivity contribution in [2.75, 3.05) is 41.0 Å². The minimum atomic E-state index is -0.300. The van der Waals surface area contributed by atoms with E-state index in [1.54, 1.807) is 14.2 Å². The highest BCUT2D eigenvalue weighted by molar-refractivity contribution is 4.89. The third-order valence-electron chi connectivity index (χ3n) is 6.50. The van der Waals surface area contributed by atoms with E-state index in [-0.39, 0.29) is 18.2 Å². The van der Waals surface area contributed by atoms with Crippen LogP contribution in [-0.2, 0) is 18.9 Å². The quantitative estimate of drug-likeness (QED) is 0.589. The number of ether oxygens (including phenoxy) is 4. The van der Waals surface area contributed by atoms with Crippen LogP contribution in [0.4, 0.5) is 0 Å². The molecule has 5 heteroatoms. The maximum atomic E-state index is 6.38. The van der Waals surface area contributed by atoms with Gasteiger partial charge in [-0.3, -0.25) is 0 Å². The van der Waals surface area contributed by atoms with Crippen molar-refractivity contribution in [1.82, 2.24) is 4.90 Å². The molecule has 1 unspecified atom stereocenters. The predicted molar refractivity (Wildman–Crippen MR) is 99.5 cm³/mol. The molecular weight excluding hydrogens is 318 g/mol. The second kappa shape index (κ2) is 9.14. The average Bonchev–Trinajstić information content (AvgIpc) is 3.01. The number of hydrogen-bond acceptors (Lipinski definition) is 5. The Kier molecular flexibility index (Phi) is 7.71. The Balaban J connectivity index is 1.73. The van der Waals surface area contributed by atoms with E-state index < -0.39 is 0 Å². The summed E-state index contributed by atoms with van der Waals surface area (Å²) in [6, 6.07) is 0. The van der Waals surface area contributed by atoms with E-state index in [1.165, 1.54) is 19.3 Å².